The van der Waals surface area contributed by atoms with Crippen LogP contribution in [0.25, 0.3) is 0 Å². The first-order valence-electron chi connectivity index (χ1n) is 6.87. The third-order valence-corrected chi connectivity index (χ3v) is 4.19. The highest BCUT2D eigenvalue weighted by Crippen LogP contribution is 2.24. The number of aromatic nitrogens is 2. The van der Waals surface area contributed by atoms with Crippen LogP contribution in [0.3, 0.4) is 0 Å². The van der Waals surface area contributed by atoms with Gasteiger partial charge in [0, 0.05) is 38.1 Å². The number of nitrogens with zero attached hydrogens (tertiary/aromatic N) is 3. The van der Waals surface area contributed by atoms with Crippen LogP contribution < -0.4 is 5.32 Å². The molecule has 0 amide bonds. The number of hydrogen-bond acceptors (Lipinski definition) is 3. The van der Waals surface area contributed by atoms with Crippen molar-refractivity contribution in [1.82, 2.24) is 20.0 Å². The summed E-state index contributed by atoms with van der Waals surface area (Å²) in [5.41, 5.74) is 0. The maximum atomic E-state index is 4.36. The van der Waals surface area contributed by atoms with Crippen molar-refractivity contribution >= 4 is 0 Å². The van der Waals surface area contributed by atoms with E-state index in [9.17, 15) is 0 Å². The summed E-state index contributed by atoms with van der Waals surface area (Å²) in [4.78, 5) is 2.67. The van der Waals surface area contributed by atoms with Crippen molar-refractivity contribution in [1.29, 1.82) is 0 Å². The molecule has 0 aliphatic carbocycles. The lowest BCUT2D eigenvalue weighted by atomic mass is 9.99. The summed E-state index contributed by atoms with van der Waals surface area (Å²) >= 11 is 0. The molecule has 3 rings (SSSR count). The standard InChI is InChI=1S/C13H22N4/c1-3-13(11-14-6-1)16-9-4-12(5-10-16)17-8-2-7-15-17/h2,7-8,12-14H,1,3-6,9-11H2. The first-order valence-corrected chi connectivity index (χ1v) is 6.87. The van der Waals surface area contributed by atoms with Gasteiger partial charge in [-0.2, -0.15) is 5.10 Å². The fourth-order valence-electron chi connectivity index (χ4n) is 3.16. The van der Waals surface area contributed by atoms with E-state index < -0.39 is 0 Å². The van der Waals surface area contributed by atoms with Crippen molar-refractivity contribution in [2.24, 2.45) is 0 Å². The largest absolute Gasteiger partial charge is 0.315 e. The van der Waals surface area contributed by atoms with Crippen molar-refractivity contribution < 1.29 is 0 Å². The normalized spacial score (nSPS) is 28.4. The molecule has 2 fully saturated rings. The van der Waals surface area contributed by atoms with Crippen LogP contribution in [-0.2, 0) is 0 Å². The summed E-state index contributed by atoms with van der Waals surface area (Å²) in [7, 11) is 0. The van der Waals surface area contributed by atoms with Crippen LogP contribution in [0, 0.1) is 0 Å². The third kappa shape index (κ3) is 2.53. The van der Waals surface area contributed by atoms with Gasteiger partial charge in [-0.25, -0.2) is 0 Å². The van der Waals surface area contributed by atoms with E-state index in [0.717, 1.165) is 6.04 Å². The van der Waals surface area contributed by atoms with Gasteiger partial charge in [0.25, 0.3) is 0 Å². The first-order chi connectivity index (χ1) is 8.43. The third-order valence-electron chi connectivity index (χ3n) is 4.19. The van der Waals surface area contributed by atoms with Crippen molar-refractivity contribution in [3.05, 3.63) is 18.5 Å². The van der Waals surface area contributed by atoms with Gasteiger partial charge in [-0.05, 0) is 38.3 Å². The number of nitrogens with one attached hydrogen (secondary N) is 1. The van der Waals surface area contributed by atoms with E-state index in [1.54, 1.807) is 0 Å². The van der Waals surface area contributed by atoms with Gasteiger partial charge in [0.1, 0.15) is 0 Å². The number of likely N-dealkylation sites (tertiary alicyclic amines) is 1. The van der Waals surface area contributed by atoms with Gasteiger partial charge in [-0.3, -0.25) is 9.58 Å². The molecule has 0 bridgehead atoms. The number of piperidine rings is 2. The molecule has 4 nitrogen and oxygen atoms in total. The molecule has 1 N–H and O–H groups in total. The minimum atomic E-state index is 0.623. The average Bonchev–Trinajstić information content (AvgIpc) is 2.94. The fraction of sp³-hybridized carbons (Fsp3) is 0.769. The monoisotopic (exact) mass is 234 g/mol. The molecule has 2 aliphatic rings. The molecule has 0 aromatic carbocycles. The van der Waals surface area contributed by atoms with Crippen LogP contribution in [0.1, 0.15) is 31.7 Å². The predicted molar refractivity (Wildman–Crippen MR) is 68.0 cm³/mol. The molecule has 3 heterocycles. The Morgan fingerprint density at radius 2 is 2.00 bits per heavy atom. The van der Waals surface area contributed by atoms with E-state index in [4.69, 9.17) is 0 Å². The van der Waals surface area contributed by atoms with Crippen molar-refractivity contribution in [3.63, 3.8) is 0 Å². The summed E-state index contributed by atoms with van der Waals surface area (Å²) in [6.07, 6.45) is 9.19. The smallest absolute Gasteiger partial charge is 0.0543 e. The second-order valence-electron chi connectivity index (χ2n) is 5.25. The molecule has 94 valence electrons. The second-order valence-corrected chi connectivity index (χ2v) is 5.25. The van der Waals surface area contributed by atoms with Gasteiger partial charge in [0.2, 0.25) is 0 Å². The number of rotatable bonds is 2. The molecular formula is C13H22N4. The molecular weight excluding hydrogens is 212 g/mol. The van der Waals surface area contributed by atoms with Crippen LogP contribution in [0.4, 0.5) is 0 Å². The molecule has 1 aromatic rings. The highest BCUT2D eigenvalue weighted by molar-refractivity contribution is 4.87. The Balaban J connectivity index is 1.53. The molecule has 2 aliphatic heterocycles. The van der Waals surface area contributed by atoms with E-state index in [1.807, 2.05) is 12.3 Å². The lowest BCUT2D eigenvalue weighted by Crippen LogP contribution is -2.49. The van der Waals surface area contributed by atoms with E-state index in [2.05, 4.69) is 26.2 Å². The van der Waals surface area contributed by atoms with Gasteiger partial charge in [0.05, 0.1) is 6.04 Å². The Bertz CT molecular complexity index is 321. The van der Waals surface area contributed by atoms with Gasteiger partial charge in [0.15, 0.2) is 0 Å². The van der Waals surface area contributed by atoms with Crippen LogP contribution in [0.5, 0.6) is 0 Å². The molecule has 0 radical (unpaired) electrons. The Kier molecular flexibility index (Phi) is 3.43. The zero-order valence-corrected chi connectivity index (χ0v) is 10.4. The highest BCUT2D eigenvalue weighted by atomic mass is 15.3. The summed E-state index contributed by atoms with van der Waals surface area (Å²) in [5, 5.41) is 7.87. The Hall–Kier alpha value is -0.870. The molecule has 17 heavy (non-hydrogen) atoms. The molecule has 0 saturated carbocycles. The van der Waals surface area contributed by atoms with Gasteiger partial charge < -0.3 is 5.32 Å². The van der Waals surface area contributed by atoms with E-state index in [1.165, 1.54) is 51.9 Å². The zero-order chi connectivity index (χ0) is 11.5. The molecule has 1 aromatic heterocycles. The second kappa shape index (κ2) is 5.19. The van der Waals surface area contributed by atoms with E-state index >= 15 is 0 Å². The summed E-state index contributed by atoms with van der Waals surface area (Å²) in [6, 6.07) is 3.43. The first kappa shape index (κ1) is 11.2. The van der Waals surface area contributed by atoms with E-state index in [0.29, 0.717) is 6.04 Å². The van der Waals surface area contributed by atoms with Crippen molar-refractivity contribution in [2.75, 3.05) is 26.2 Å². The Morgan fingerprint density at radius 1 is 1.12 bits per heavy atom. The Labute approximate surface area is 103 Å². The zero-order valence-electron chi connectivity index (χ0n) is 10.4. The van der Waals surface area contributed by atoms with Crippen LogP contribution in [-0.4, -0.2) is 46.9 Å². The molecule has 2 saturated heterocycles. The van der Waals surface area contributed by atoms with Crippen molar-refractivity contribution in [3.8, 4) is 0 Å². The average molecular weight is 234 g/mol. The molecule has 1 unspecified atom stereocenters. The van der Waals surface area contributed by atoms with Crippen LogP contribution >= 0.6 is 0 Å². The quantitative estimate of drug-likeness (QED) is 0.836. The highest BCUT2D eigenvalue weighted by Gasteiger charge is 2.26. The predicted octanol–water partition coefficient (Wildman–Crippen LogP) is 1.27. The Morgan fingerprint density at radius 3 is 2.65 bits per heavy atom. The SMILES string of the molecule is c1cnn(C2CCN(C3CCCNC3)CC2)c1. The molecule has 0 spiro atoms. The maximum Gasteiger partial charge on any atom is 0.0543 e. The van der Waals surface area contributed by atoms with Gasteiger partial charge >= 0.3 is 0 Å². The van der Waals surface area contributed by atoms with E-state index in [-0.39, 0.29) is 0 Å². The van der Waals surface area contributed by atoms with Gasteiger partial charge in [-0.1, -0.05) is 0 Å². The molecule has 1 atom stereocenters. The lowest BCUT2D eigenvalue weighted by Gasteiger charge is -2.39. The maximum absolute atomic E-state index is 4.36. The topological polar surface area (TPSA) is 33.1 Å². The number of hydrogen-bond donors (Lipinski definition) is 1. The lowest BCUT2D eigenvalue weighted by molar-refractivity contribution is 0.113. The van der Waals surface area contributed by atoms with Gasteiger partial charge in [-0.15, -0.1) is 0 Å². The summed E-state index contributed by atoms with van der Waals surface area (Å²) < 4.78 is 2.14. The fourth-order valence-corrected chi connectivity index (χ4v) is 3.16. The molecule has 4 heteroatoms. The summed E-state index contributed by atoms with van der Waals surface area (Å²) in [5.74, 6) is 0. The van der Waals surface area contributed by atoms with Crippen LogP contribution in [0.15, 0.2) is 18.5 Å². The van der Waals surface area contributed by atoms with Crippen LogP contribution in [0.2, 0.25) is 0 Å². The summed E-state index contributed by atoms with van der Waals surface area (Å²) in [6.45, 7) is 4.86. The minimum Gasteiger partial charge on any atom is -0.315 e. The minimum absolute atomic E-state index is 0.623. The van der Waals surface area contributed by atoms with Crippen molar-refractivity contribution in [2.45, 2.75) is 37.8 Å².